The predicted molar refractivity (Wildman–Crippen MR) is 83.6 cm³/mol. The van der Waals surface area contributed by atoms with Crippen LogP contribution >= 0.6 is 11.8 Å². The number of methoxy groups -OCH3 is 1. The van der Waals surface area contributed by atoms with Crippen molar-refractivity contribution in [1.82, 2.24) is 0 Å². The molecule has 2 rings (SSSR count). The first-order chi connectivity index (χ1) is 10.4. The van der Waals surface area contributed by atoms with Crippen molar-refractivity contribution in [3.05, 3.63) is 23.8 Å². The Morgan fingerprint density at radius 3 is 2.55 bits per heavy atom. The van der Waals surface area contributed by atoms with E-state index in [0.717, 1.165) is 25.7 Å². The molecule has 124 valence electrons. The summed E-state index contributed by atoms with van der Waals surface area (Å²) in [7, 11) is 0.314. The molecule has 1 fully saturated rings. The third kappa shape index (κ3) is 5.19. The molecule has 1 aromatic carbocycles. The van der Waals surface area contributed by atoms with E-state index in [9.17, 15) is 17.4 Å². The van der Waals surface area contributed by atoms with Crippen LogP contribution in [0.25, 0.3) is 0 Å². The highest BCUT2D eigenvalue weighted by molar-refractivity contribution is 8.00. The molecular weight excluding hydrogens is 333 g/mol. The molecular formula is C15H19F3O2S2. The minimum atomic E-state index is -4.37. The molecule has 0 unspecified atom stereocenters. The molecule has 1 saturated carbocycles. The second kappa shape index (κ2) is 7.73. The lowest BCUT2D eigenvalue weighted by Gasteiger charge is -2.21. The molecule has 0 N–H and O–H groups in total. The Bertz CT molecular complexity index is 526. The molecule has 0 saturated heterocycles. The van der Waals surface area contributed by atoms with Gasteiger partial charge in [-0.25, -0.2) is 0 Å². The van der Waals surface area contributed by atoms with E-state index in [2.05, 4.69) is 0 Å². The highest BCUT2D eigenvalue weighted by atomic mass is 32.2. The zero-order valence-corrected chi connectivity index (χ0v) is 14.0. The summed E-state index contributed by atoms with van der Waals surface area (Å²) >= 11 is -0.195. The van der Waals surface area contributed by atoms with Gasteiger partial charge in [-0.3, -0.25) is 4.21 Å². The SMILES string of the molecule is COc1ccc(C[S@](=O)C2CCCCC2)cc1SC(F)(F)F. The Kier molecular flexibility index (Phi) is 6.20. The van der Waals surface area contributed by atoms with Crippen LogP contribution in [0, 0.1) is 0 Å². The second-order valence-electron chi connectivity index (χ2n) is 5.32. The molecule has 0 bridgehead atoms. The van der Waals surface area contributed by atoms with Gasteiger partial charge in [0.25, 0.3) is 0 Å². The van der Waals surface area contributed by atoms with E-state index >= 15 is 0 Å². The average molecular weight is 352 g/mol. The Morgan fingerprint density at radius 1 is 1.27 bits per heavy atom. The molecule has 0 aliphatic heterocycles. The quantitative estimate of drug-likeness (QED) is 0.706. The first-order valence-electron chi connectivity index (χ1n) is 7.19. The molecule has 1 aromatic rings. The van der Waals surface area contributed by atoms with Gasteiger partial charge in [-0.15, -0.1) is 0 Å². The van der Waals surface area contributed by atoms with Crippen LogP contribution in [0.15, 0.2) is 23.1 Å². The fourth-order valence-electron chi connectivity index (χ4n) is 2.63. The van der Waals surface area contributed by atoms with Gasteiger partial charge in [-0.05, 0) is 42.3 Å². The van der Waals surface area contributed by atoms with Crippen molar-refractivity contribution in [2.75, 3.05) is 7.11 Å². The highest BCUT2D eigenvalue weighted by Gasteiger charge is 2.31. The zero-order valence-electron chi connectivity index (χ0n) is 12.3. The van der Waals surface area contributed by atoms with Crippen molar-refractivity contribution in [1.29, 1.82) is 0 Å². The van der Waals surface area contributed by atoms with E-state index in [1.807, 2.05) is 0 Å². The molecule has 0 spiro atoms. The lowest BCUT2D eigenvalue weighted by molar-refractivity contribution is -0.0328. The number of hydrogen-bond donors (Lipinski definition) is 0. The van der Waals surface area contributed by atoms with E-state index in [0.29, 0.717) is 11.3 Å². The maximum absolute atomic E-state index is 12.6. The first kappa shape index (κ1) is 17.7. The molecule has 1 aliphatic rings. The maximum Gasteiger partial charge on any atom is 0.446 e. The fourth-order valence-corrected chi connectivity index (χ4v) is 4.94. The summed E-state index contributed by atoms with van der Waals surface area (Å²) in [6.45, 7) is 0. The van der Waals surface area contributed by atoms with Gasteiger partial charge in [0.2, 0.25) is 0 Å². The molecule has 1 atom stereocenters. The topological polar surface area (TPSA) is 26.3 Å². The van der Waals surface area contributed by atoms with Crippen molar-refractivity contribution >= 4 is 22.6 Å². The van der Waals surface area contributed by atoms with Crippen molar-refractivity contribution in [2.45, 2.75) is 53.5 Å². The number of benzene rings is 1. The number of rotatable bonds is 5. The van der Waals surface area contributed by atoms with Crippen LogP contribution in [0.2, 0.25) is 0 Å². The van der Waals surface area contributed by atoms with E-state index in [1.165, 1.54) is 25.7 Å². The summed E-state index contributed by atoms with van der Waals surface area (Å²) in [6.07, 6.45) is 5.27. The fraction of sp³-hybridized carbons (Fsp3) is 0.600. The lowest BCUT2D eigenvalue weighted by atomic mass is 10.0. The van der Waals surface area contributed by atoms with Gasteiger partial charge in [-0.1, -0.05) is 25.3 Å². The smallest absolute Gasteiger partial charge is 0.446 e. The van der Waals surface area contributed by atoms with Crippen LogP contribution in [-0.2, 0) is 16.6 Å². The van der Waals surface area contributed by atoms with Gasteiger partial charge >= 0.3 is 5.51 Å². The number of alkyl halides is 3. The van der Waals surface area contributed by atoms with Crippen molar-refractivity contribution in [3.63, 3.8) is 0 Å². The monoisotopic (exact) mass is 352 g/mol. The molecule has 2 nitrogen and oxygen atoms in total. The van der Waals surface area contributed by atoms with Crippen LogP contribution in [-0.4, -0.2) is 22.1 Å². The van der Waals surface area contributed by atoms with E-state index in [4.69, 9.17) is 4.74 Å². The molecule has 7 heteroatoms. The minimum Gasteiger partial charge on any atom is -0.496 e. The largest absolute Gasteiger partial charge is 0.496 e. The first-order valence-corrected chi connectivity index (χ1v) is 9.39. The van der Waals surface area contributed by atoms with E-state index < -0.39 is 16.3 Å². The predicted octanol–water partition coefficient (Wildman–Crippen LogP) is 4.89. The molecule has 0 radical (unpaired) electrons. The molecule has 0 amide bonds. The highest BCUT2D eigenvalue weighted by Crippen LogP contribution is 2.42. The van der Waals surface area contributed by atoms with Crippen LogP contribution in [0.5, 0.6) is 5.75 Å². The molecule has 0 aromatic heterocycles. The number of hydrogen-bond acceptors (Lipinski definition) is 3. The van der Waals surface area contributed by atoms with E-state index in [1.54, 1.807) is 6.07 Å². The third-order valence-corrected chi connectivity index (χ3v) is 6.29. The van der Waals surface area contributed by atoms with Gasteiger partial charge in [-0.2, -0.15) is 13.2 Å². The standard InChI is InChI=1S/C15H19F3O2S2/c1-20-13-8-7-11(9-14(13)21-15(16,17)18)10-22(19)12-5-3-2-4-6-12/h7-9,12H,2-6,10H2,1H3/t22-/m0/s1. The Balaban J connectivity index is 2.10. The average Bonchev–Trinajstić information content (AvgIpc) is 2.47. The van der Waals surface area contributed by atoms with Gasteiger partial charge in [0.1, 0.15) is 5.75 Å². The second-order valence-corrected chi connectivity index (χ2v) is 8.14. The number of halogens is 3. The van der Waals surface area contributed by atoms with Crippen LogP contribution in [0.4, 0.5) is 13.2 Å². The summed E-state index contributed by atoms with van der Waals surface area (Å²) in [5.41, 5.74) is -3.70. The maximum atomic E-state index is 12.6. The molecule has 1 aliphatic carbocycles. The minimum absolute atomic E-state index is 0.0214. The van der Waals surface area contributed by atoms with Crippen LogP contribution < -0.4 is 4.74 Å². The number of ether oxygens (including phenoxy) is 1. The molecule has 22 heavy (non-hydrogen) atoms. The van der Waals surface area contributed by atoms with Crippen molar-refractivity contribution < 1.29 is 22.1 Å². The summed E-state index contributed by atoms with van der Waals surface area (Å²) < 4.78 is 55.1. The number of thioether (sulfide) groups is 1. The summed E-state index contributed by atoms with van der Waals surface area (Å²) in [6, 6.07) is 4.65. The van der Waals surface area contributed by atoms with Crippen LogP contribution in [0.3, 0.4) is 0 Å². The normalized spacial score (nSPS) is 18.2. The van der Waals surface area contributed by atoms with Crippen molar-refractivity contribution in [2.24, 2.45) is 0 Å². The van der Waals surface area contributed by atoms with Gasteiger partial charge in [0, 0.05) is 21.8 Å². The Morgan fingerprint density at radius 2 is 1.95 bits per heavy atom. The van der Waals surface area contributed by atoms with Gasteiger partial charge in [0.05, 0.1) is 12.0 Å². The Hall–Kier alpha value is -0.690. The zero-order chi connectivity index (χ0) is 16.2. The molecule has 0 heterocycles. The summed E-state index contributed by atoms with van der Waals surface area (Å²) in [4.78, 5) is 0.0214. The van der Waals surface area contributed by atoms with Crippen molar-refractivity contribution in [3.8, 4) is 5.75 Å². The summed E-state index contributed by atoms with van der Waals surface area (Å²) in [5, 5.41) is 0.176. The Labute approximate surface area is 135 Å². The third-order valence-electron chi connectivity index (χ3n) is 3.69. The van der Waals surface area contributed by atoms with Crippen LogP contribution in [0.1, 0.15) is 37.7 Å². The van der Waals surface area contributed by atoms with E-state index in [-0.39, 0.29) is 27.7 Å². The lowest BCUT2D eigenvalue weighted by Crippen LogP contribution is -2.19. The van der Waals surface area contributed by atoms with Gasteiger partial charge < -0.3 is 4.74 Å². The summed E-state index contributed by atoms with van der Waals surface area (Å²) in [5.74, 6) is 0.495. The van der Waals surface area contributed by atoms with Gasteiger partial charge in [0.15, 0.2) is 0 Å².